The monoisotopic (exact) mass is 291 g/mol. The van der Waals surface area contributed by atoms with Crippen molar-refractivity contribution in [1.82, 2.24) is 4.98 Å². The molecule has 0 unspecified atom stereocenters. The highest BCUT2D eigenvalue weighted by atomic mass is 32.1. The van der Waals surface area contributed by atoms with Crippen LogP contribution in [0.2, 0.25) is 0 Å². The second-order valence-corrected chi connectivity index (χ2v) is 4.99. The molecular weight excluding hydrogens is 278 g/mol. The first-order valence-electron chi connectivity index (χ1n) is 5.99. The molecule has 6 heteroatoms. The lowest BCUT2D eigenvalue weighted by atomic mass is 10.1. The summed E-state index contributed by atoms with van der Waals surface area (Å²) in [6.07, 6.45) is 1.62. The molecular formula is C14H13NO4S. The smallest absolute Gasteiger partial charge is 0.345 e. The van der Waals surface area contributed by atoms with Crippen LogP contribution in [0, 0.1) is 6.92 Å². The SMILES string of the molecule is CCOC(=O)c1cc(-c2csc(C(=O)O)c2)cnc1C. The largest absolute Gasteiger partial charge is 0.477 e. The fourth-order valence-electron chi connectivity index (χ4n) is 1.71. The van der Waals surface area contributed by atoms with Crippen LogP contribution in [0.15, 0.2) is 23.7 Å². The lowest BCUT2D eigenvalue weighted by Gasteiger charge is -2.06. The van der Waals surface area contributed by atoms with E-state index in [2.05, 4.69) is 4.98 Å². The fraction of sp³-hybridized carbons (Fsp3) is 0.214. The number of aromatic carboxylic acids is 1. The van der Waals surface area contributed by atoms with Gasteiger partial charge in [-0.1, -0.05) is 0 Å². The van der Waals surface area contributed by atoms with Crippen molar-refractivity contribution in [3.63, 3.8) is 0 Å². The highest BCUT2D eigenvalue weighted by Crippen LogP contribution is 2.26. The minimum Gasteiger partial charge on any atom is -0.477 e. The van der Waals surface area contributed by atoms with E-state index < -0.39 is 11.9 Å². The molecule has 2 rings (SSSR count). The Labute approximate surface area is 119 Å². The van der Waals surface area contributed by atoms with Crippen LogP contribution >= 0.6 is 11.3 Å². The topological polar surface area (TPSA) is 76.5 Å². The summed E-state index contributed by atoms with van der Waals surface area (Å²) in [5.74, 6) is -1.39. The van der Waals surface area contributed by atoms with Crippen LogP contribution in [0.1, 0.15) is 32.6 Å². The number of esters is 1. The van der Waals surface area contributed by atoms with E-state index in [1.54, 1.807) is 37.6 Å². The molecule has 0 spiro atoms. The molecule has 0 amide bonds. The third-order valence-corrected chi connectivity index (χ3v) is 3.64. The van der Waals surface area contributed by atoms with Gasteiger partial charge in [0.05, 0.1) is 17.9 Å². The molecule has 2 heterocycles. The summed E-state index contributed by atoms with van der Waals surface area (Å²) in [5, 5.41) is 10.6. The van der Waals surface area contributed by atoms with Crippen molar-refractivity contribution in [2.24, 2.45) is 0 Å². The highest BCUT2D eigenvalue weighted by Gasteiger charge is 2.14. The maximum absolute atomic E-state index is 11.8. The zero-order chi connectivity index (χ0) is 14.7. The number of carbonyl (C=O) groups excluding carboxylic acids is 1. The van der Waals surface area contributed by atoms with Gasteiger partial charge in [-0.2, -0.15) is 0 Å². The molecule has 1 N–H and O–H groups in total. The molecule has 0 radical (unpaired) electrons. The van der Waals surface area contributed by atoms with Gasteiger partial charge in [-0.25, -0.2) is 9.59 Å². The summed E-state index contributed by atoms with van der Waals surface area (Å²) < 4.78 is 4.97. The number of aromatic nitrogens is 1. The van der Waals surface area contributed by atoms with E-state index in [1.165, 1.54) is 0 Å². The Morgan fingerprint density at radius 3 is 2.70 bits per heavy atom. The molecule has 0 aliphatic heterocycles. The Bertz CT molecular complexity index is 663. The number of pyridine rings is 1. The maximum atomic E-state index is 11.8. The molecule has 20 heavy (non-hydrogen) atoms. The molecule has 0 bridgehead atoms. The zero-order valence-corrected chi connectivity index (χ0v) is 11.9. The first-order valence-corrected chi connectivity index (χ1v) is 6.87. The van der Waals surface area contributed by atoms with Crippen molar-refractivity contribution in [2.45, 2.75) is 13.8 Å². The number of nitrogens with zero attached hydrogens (tertiary/aromatic N) is 1. The highest BCUT2D eigenvalue weighted by molar-refractivity contribution is 7.12. The number of carbonyl (C=O) groups is 2. The second kappa shape index (κ2) is 5.83. The predicted molar refractivity (Wildman–Crippen MR) is 75.2 cm³/mol. The third-order valence-electron chi connectivity index (χ3n) is 2.73. The summed E-state index contributed by atoms with van der Waals surface area (Å²) in [6.45, 7) is 3.76. The molecule has 2 aromatic rings. The first-order chi connectivity index (χ1) is 9.52. The van der Waals surface area contributed by atoms with Gasteiger partial charge in [0.1, 0.15) is 4.88 Å². The van der Waals surface area contributed by atoms with E-state index in [-0.39, 0.29) is 4.88 Å². The van der Waals surface area contributed by atoms with Crippen LogP contribution in [-0.2, 0) is 4.74 Å². The molecule has 5 nitrogen and oxygen atoms in total. The Morgan fingerprint density at radius 2 is 2.10 bits per heavy atom. The van der Waals surface area contributed by atoms with E-state index in [0.717, 1.165) is 16.9 Å². The van der Waals surface area contributed by atoms with Crippen molar-refractivity contribution in [3.8, 4) is 11.1 Å². The molecule has 0 aromatic carbocycles. The summed E-state index contributed by atoms with van der Waals surface area (Å²) in [6, 6.07) is 3.24. The van der Waals surface area contributed by atoms with E-state index >= 15 is 0 Å². The number of hydrogen-bond acceptors (Lipinski definition) is 5. The number of thiophene rings is 1. The van der Waals surface area contributed by atoms with Gasteiger partial charge in [0.2, 0.25) is 0 Å². The number of carboxylic acid groups (broad SMARTS) is 1. The summed E-state index contributed by atoms with van der Waals surface area (Å²) in [5.41, 5.74) is 2.40. The van der Waals surface area contributed by atoms with Crippen LogP contribution in [0.3, 0.4) is 0 Å². The Kier molecular flexibility index (Phi) is 4.14. The molecule has 0 saturated carbocycles. The van der Waals surface area contributed by atoms with Gasteiger partial charge in [0, 0.05) is 11.8 Å². The van der Waals surface area contributed by atoms with Gasteiger partial charge in [-0.15, -0.1) is 11.3 Å². The van der Waals surface area contributed by atoms with Crippen molar-refractivity contribution in [3.05, 3.63) is 39.8 Å². The average molecular weight is 291 g/mol. The molecule has 2 aromatic heterocycles. The van der Waals surface area contributed by atoms with Crippen LogP contribution in [0.25, 0.3) is 11.1 Å². The van der Waals surface area contributed by atoms with Crippen LogP contribution in [-0.4, -0.2) is 28.6 Å². The number of aryl methyl sites for hydroxylation is 1. The minimum atomic E-state index is -0.966. The number of rotatable bonds is 4. The minimum absolute atomic E-state index is 0.248. The van der Waals surface area contributed by atoms with Gasteiger partial charge >= 0.3 is 11.9 Å². The zero-order valence-electron chi connectivity index (χ0n) is 11.0. The summed E-state index contributed by atoms with van der Waals surface area (Å²) in [7, 11) is 0. The lowest BCUT2D eigenvalue weighted by molar-refractivity contribution is 0.0524. The van der Waals surface area contributed by atoms with Gasteiger partial charge in [-0.3, -0.25) is 4.98 Å². The quantitative estimate of drug-likeness (QED) is 0.876. The van der Waals surface area contributed by atoms with Crippen LogP contribution < -0.4 is 0 Å². The van der Waals surface area contributed by atoms with Crippen molar-refractivity contribution in [2.75, 3.05) is 6.61 Å². The number of ether oxygens (including phenoxy) is 1. The third kappa shape index (κ3) is 2.85. The van der Waals surface area contributed by atoms with Gasteiger partial charge in [0.25, 0.3) is 0 Å². The van der Waals surface area contributed by atoms with E-state index in [4.69, 9.17) is 9.84 Å². The molecule has 0 fully saturated rings. The average Bonchev–Trinajstić information content (AvgIpc) is 2.89. The fourth-order valence-corrected chi connectivity index (χ4v) is 2.46. The Hall–Kier alpha value is -2.21. The van der Waals surface area contributed by atoms with E-state index in [9.17, 15) is 9.59 Å². The standard InChI is InChI=1S/C14H13NO4S/c1-3-19-14(18)11-4-9(6-15-8(11)2)10-5-12(13(16)17)20-7-10/h4-7H,3H2,1-2H3,(H,16,17). The summed E-state index contributed by atoms with van der Waals surface area (Å²) in [4.78, 5) is 27.1. The van der Waals surface area contributed by atoms with Gasteiger partial charge in [0.15, 0.2) is 0 Å². The van der Waals surface area contributed by atoms with Crippen molar-refractivity contribution in [1.29, 1.82) is 0 Å². The van der Waals surface area contributed by atoms with Gasteiger partial charge in [-0.05, 0) is 36.9 Å². The predicted octanol–water partition coefficient (Wildman–Crippen LogP) is 2.99. The molecule has 0 saturated heterocycles. The Morgan fingerprint density at radius 1 is 1.35 bits per heavy atom. The molecule has 0 aliphatic rings. The van der Waals surface area contributed by atoms with Crippen molar-refractivity contribution >= 4 is 23.3 Å². The second-order valence-electron chi connectivity index (χ2n) is 4.08. The first kappa shape index (κ1) is 14.2. The summed E-state index contributed by atoms with van der Waals surface area (Å²) >= 11 is 1.14. The molecule has 0 aliphatic carbocycles. The van der Waals surface area contributed by atoms with Gasteiger partial charge < -0.3 is 9.84 Å². The van der Waals surface area contributed by atoms with Crippen LogP contribution in [0.4, 0.5) is 0 Å². The lowest BCUT2D eigenvalue weighted by Crippen LogP contribution is -2.08. The van der Waals surface area contributed by atoms with Crippen LogP contribution in [0.5, 0.6) is 0 Å². The molecule has 104 valence electrons. The van der Waals surface area contributed by atoms with E-state index in [1.807, 2.05) is 0 Å². The number of hydrogen-bond donors (Lipinski definition) is 1. The van der Waals surface area contributed by atoms with Crippen molar-refractivity contribution < 1.29 is 19.4 Å². The number of carboxylic acids is 1. The van der Waals surface area contributed by atoms with E-state index in [0.29, 0.717) is 23.4 Å². The normalized spacial score (nSPS) is 10.3. The molecule has 0 atom stereocenters. The Balaban J connectivity index is 2.39. The maximum Gasteiger partial charge on any atom is 0.345 e.